The Morgan fingerprint density at radius 3 is 2.94 bits per heavy atom. The Kier molecular flexibility index (Phi) is 3.99. The summed E-state index contributed by atoms with van der Waals surface area (Å²) in [5, 5.41) is 1.48. The van der Waals surface area contributed by atoms with Crippen molar-refractivity contribution in [1.29, 1.82) is 0 Å². The van der Waals surface area contributed by atoms with Crippen LogP contribution in [-0.4, -0.2) is 29.1 Å². The number of hydrogen-bond acceptors (Lipinski definition) is 3. The van der Waals surface area contributed by atoms with E-state index in [1.54, 1.807) is 25.5 Å². The summed E-state index contributed by atoms with van der Waals surface area (Å²) in [7, 11) is 1.69. The van der Waals surface area contributed by atoms with Crippen LogP contribution in [0.4, 0.5) is 0 Å². The van der Waals surface area contributed by atoms with E-state index in [2.05, 4.69) is 20.0 Å². The molecule has 0 saturated heterocycles. The maximum Gasteiger partial charge on any atom is 0.172 e. The van der Waals surface area contributed by atoms with Crippen molar-refractivity contribution in [2.45, 2.75) is 13.3 Å². The lowest BCUT2D eigenvalue weighted by molar-refractivity contribution is 1.24. The highest BCUT2D eigenvalue weighted by atomic mass is 35.5. The molecule has 2 rings (SSSR count). The molecule has 4 nitrogen and oxygen atoms in total. The first-order chi connectivity index (χ1) is 8.76. The fraction of sp³-hybridized carbons (Fsp3) is 0.231. The summed E-state index contributed by atoms with van der Waals surface area (Å²) >= 11 is 6.07. The van der Waals surface area contributed by atoms with Crippen LogP contribution in [0.3, 0.4) is 0 Å². The maximum atomic E-state index is 6.07. The first kappa shape index (κ1) is 12.6. The summed E-state index contributed by atoms with van der Waals surface area (Å²) in [4.78, 5) is 17.0. The van der Waals surface area contributed by atoms with Gasteiger partial charge in [-0.15, -0.1) is 0 Å². The lowest BCUT2D eigenvalue weighted by Crippen LogP contribution is -2.02. The molecule has 0 spiro atoms. The lowest BCUT2D eigenvalue weighted by atomic mass is 10.2. The number of aliphatic imine (C=N–C) groups is 2. The van der Waals surface area contributed by atoms with E-state index in [1.165, 1.54) is 0 Å². The molecular weight excluding hydrogens is 248 g/mol. The fourth-order valence-electron chi connectivity index (χ4n) is 1.54. The largest absolute Gasteiger partial charge is 0.268 e. The number of nitrogens with zero attached hydrogens (tertiary/aromatic N) is 4. The van der Waals surface area contributed by atoms with Crippen LogP contribution in [0.1, 0.15) is 19.0 Å². The second kappa shape index (κ2) is 5.69. The standard InChI is InChI=1S/C13H13ClN4/c1-3-7-16-13(15-2)11-5-4-9-10(14)6-8-17-12(9)18-11/h4-8H,3H2,1-2H3. The predicted molar refractivity (Wildman–Crippen MR) is 75.8 cm³/mol. The normalized spacial score (nSPS) is 12.5. The Bertz CT molecular complexity index is 619. The number of fused-ring (bicyclic) bond motifs is 1. The smallest absolute Gasteiger partial charge is 0.172 e. The third kappa shape index (κ3) is 2.54. The van der Waals surface area contributed by atoms with Gasteiger partial charge in [-0.3, -0.25) is 4.99 Å². The summed E-state index contributed by atoms with van der Waals surface area (Å²) < 4.78 is 0. The van der Waals surface area contributed by atoms with Crippen molar-refractivity contribution in [2.24, 2.45) is 9.98 Å². The van der Waals surface area contributed by atoms with Gasteiger partial charge in [0.2, 0.25) is 0 Å². The molecule has 2 aromatic heterocycles. The van der Waals surface area contributed by atoms with Crippen LogP contribution in [0.2, 0.25) is 5.02 Å². The van der Waals surface area contributed by atoms with Crippen molar-refractivity contribution >= 4 is 34.7 Å². The summed E-state index contributed by atoms with van der Waals surface area (Å²) in [6.07, 6.45) is 4.30. The van der Waals surface area contributed by atoms with E-state index in [4.69, 9.17) is 11.6 Å². The van der Waals surface area contributed by atoms with E-state index in [0.717, 1.165) is 11.8 Å². The second-order valence-electron chi connectivity index (χ2n) is 3.63. The van der Waals surface area contributed by atoms with E-state index >= 15 is 0 Å². The monoisotopic (exact) mass is 260 g/mol. The van der Waals surface area contributed by atoms with Gasteiger partial charge >= 0.3 is 0 Å². The minimum Gasteiger partial charge on any atom is -0.268 e. The molecular formula is C13H13ClN4. The SMILES string of the molecule is CCC=NC(=NC)c1ccc2c(Cl)ccnc2n1. The molecule has 0 aromatic carbocycles. The molecule has 2 aromatic rings. The number of aromatic nitrogens is 2. The van der Waals surface area contributed by atoms with Crippen molar-refractivity contribution in [3.63, 3.8) is 0 Å². The van der Waals surface area contributed by atoms with Crippen LogP contribution in [-0.2, 0) is 0 Å². The molecule has 0 saturated carbocycles. The molecule has 0 bridgehead atoms. The van der Waals surface area contributed by atoms with E-state index < -0.39 is 0 Å². The van der Waals surface area contributed by atoms with Crippen LogP contribution in [0.15, 0.2) is 34.4 Å². The second-order valence-corrected chi connectivity index (χ2v) is 4.03. The van der Waals surface area contributed by atoms with Crippen LogP contribution >= 0.6 is 11.6 Å². The van der Waals surface area contributed by atoms with Crippen molar-refractivity contribution in [1.82, 2.24) is 9.97 Å². The molecule has 0 unspecified atom stereocenters. The average molecular weight is 261 g/mol. The number of halogens is 1. The Balaban J connectivity index is 2.50. The predicted octanol–water partition coefficient (Wildman–Crippen LogP) is 3.14. The zero-order valence-corrected chi connectivity index (χ0v) is 11.0. The molecule has 5 heteroatoms. The van der Waals surface area contributed by atoms with Crippen LogP contribution in [0, 0.1) is 0 Å². The highest BCUT2D eigenvalue weighted by Gasteiger charge is 2.06. The molecule has 0 radical (unpaired) electrons. The Hall–Kier alpha value is -1.81. The van der Waals surface area contributed by atoms with Crippen molar-refractivity contribution < 1.29 is 0 Å². The quantitative estimate of drug-likeness (QED) is 0.615. The van der Waals surface area contributed by atoms with Gasteiger partial charge in [0.05, 0.1) is 5.02 Å². The Morgan fingerprint density at radius 1 is 1.39 bits per heavy atom. The summed E-state index contributed by atoms with van der Waals surface area (Å²) in [6.45, 7) is 2.02. The van der Waals surface area contributed by atoms with Crippen molar-refractivity contribution in [2.75, 3.05) is 7.05 Å². The summed E-state index contributed by atoms with van der Waals surface area (Å²) in [6, 6.07) is 5.49. The van der Waals surface area contributed by atoms with Gasteiger partial charge in [-0.1, -0.05) is 18.5 Å². The maximum absolute atomic E-state index is 6.07. The Labute approximate surface area is 110 Å². The minimum atomic E-state index is 0.598. The topological polar surface area (TPSA) is 50.5 Å². The van der Waals surface area contributed by atoms with Crippen LogP contribution < -0.4 is 0 Å². The van der Waals surface area contributed by atoms with Gasteiger partial charge in [-0.05, 0) is 24.6 Å². The molecule has 0 atom stereocenters. The highest BCUT2D eigenvalue weighted by Crippen LogP contribution is 2.20. The van der Waals surface area contributed by atoms with Gasteiger partial charge < -0.3 is 0 Å². The molecule has 18 heavy (non-hydrogen) atoms. The van der Waals surface area contributed by atoms with Crippen molar-refractivity contribution in [3.8, 4) is 0 Å². The van der Waals surface area contributed by atoms with Crippen LogP contribution in [0.5, 0.6) is 0 Å². The average Bonchev–Trinajstić information content (AvgIpc) is 2.40. The van der Waals surface area contributed by atoms with Gasteiger partial charge in [0.25, 0.3) is 0 Å². The van der Waals surface area contributed by atoms with Gasteiger partial charge in [0.15, 0.2) is 11.5 Å². The zero-order valence-electron chi connectivity index (χ0n) is 10.3. The summed E-state index contributed by atoms with van der Waals surface area (Å²) in [5.74, 6) is 0.598. The molecule has 0 aliphatic carbocycles. The molecule has 92 valence electrons. The zero-order chi connectivity index (χ0) is 13.0. The lowest BCUT2D eigenvalue weighted by Gasteiger charge is -2.02. The number of amidine groups is 1. The first-order valence-corrected chi connectivity index (χ1v) is 6.05. The van der Waals surface area contributed by atoms with Gasteiger partial charge in [-0.25, -0.2) is 15.0 Å². The third-order valence-corrected chi connectivity index (χ3v) is 2.72. The van der Waals surface area contributed by atoms with Gasteiger partial charge in [-0.2, -0.15) is 0 Å². The van der Waals surface area contributed by atoms with E-state index in [1.807, 2.05) is 19.1 Å². The molecule has 0 N–H and O–H groups in total. The molecule has 0 aliphatic heterocycles. The summed E-state index contributed by atoms with van der Waals surface area (Å²) in [5.41, 5.74) is 1.30. The molecule has 0 amide bonds. The van der Waals surface area contributed by atoms with E-state index in [-0.39, 0.29) is 0 Å². The number of rotatable bonds is 2. The minimum absolute atomic E-state index is 0.598. The number of pyridine rings is 2. The van der Waals surface area contributed by atoms with Crippen molar-refractivity contribution in [3.05, 3.63) is 35.1 Å². The molecule has 0 aliphatic rings. The Morgan fingerprint density at radius 2 is 2.22 bits per heavy atom. The van der Waals surface area contributed by atoms with Gasteiger partial charge in [0, 0.05) is 24.8 Å². The fourth-order valence-corrected chi connectivity index (χ4v) is 1.74. The molecule has 0 fully saturated rings. The number of hydrogen-bond donors (Lipinski definition) is 0. The molecule has 2 heterocycles. The van der Waals surface area contributed by atoms with E-state index in [9.17, 15) is 0 Å². The highest BCUT2D eigenvalue weighted by molar-refractivity contribution is 6.35. The van der Waals surface area contributed by atoms with Gasteiger partial charge in [0.1, 0.15) is 5.69 Å². The van der Waals surface area contributed by atoms with Crippen LogP contribution in [0.25, 0.3) is 11.0 Å². The first-order valence-electron chi connectivity index (χ1n) is 5.67. The van der Waals surface area contributed by atoms with E-state index in [0.29, 0.717) is 22.2 Å². The third-order valence-electron chi connectivity index (χ3n) is 2.39.